The van der Waals surface area contributed by atoms with E-state index in [0.29, 0.717) is 11.7 Å². The number of nitrogens with one attached hydrogen (secondary N) is 2. The Hall–Kier alpha value is -3.24. The zero-order valence-corrected chi connectivity index (χ0v) is 19.8. The van der Waals surface area contributed by atoms with E-state index < -0.39 is 0 Å². The Morgan fingerprint density at radius 2 is 2.12 bits per heavy atom. The van der Waals surface area contributed by atoms with Crippen LogP contribution >= 0.6 is 0 Å². The molecule has 10 heteroatoms. The number of carbonyl (C=O) groups is 1. The average molecular weight is 469 g/mol. The van der Waals surface area contributed by atoms with E-state index >= 15 is 0 Å². The molecule has 1 amide bonds. The van der Waals surface area contributed by atoms with Crippen LogP contribution in [0.5, 0.6) is 6.01 Å². The summed E-state index contributed by atoms with van der Waals surface area (Å²) in [5, 5.41) is 13.2. The van der Waals surface area contributed by atoms with Gasteiger partial charge in [0.2, 0.25) is 0 Å². The zero-order valence-electron chi connectivity index (χ0n) is 19.8. The van der Waals surface area contributed by atoms with Crippen LogP contribution < -0.4 is 15.0 Å². The van der Waals surface area contributed by atoms with E-state index in [1.165, 1.54) is 10.9 Å². The van der Waals surface area contributed by atoms with E-state index in [9.17, 15) is 9.90 Å². The maximum Gasteiger partial charge on any atom is 0.319 e. The summed E-state index contributed by atoms with van der Waals surface area (Å²) in [5.41, 5.74) is 2.41. The Morgan fingerprint density at radius 1 is 1.32 bits per heavy atom. The molecule has 3 aromatic heterocycles. The highest BCUT2D eigenvalue weighted by Gasteiger charge is 2.25. The van der Waals surface area contributed by atoms with Crippen molar-refractivity contribution in [3.05, 3.63) is 41.9 Å². The van der Waals surface area contributed by atoms with Gasteiger partial charge in [0.25, 0.3) is 5.91 Å². The van der Waals surface area contributed by atoms with Crippen molar-refractivity contribution >= 4 is 22.8 Å². The zero-order chi connectivity index (χ0) is 24.1. The van der Waals surface area contributed by atoms with Crippen molar-refractivity contribution < 1.29 is 19.4 Å². The number of rotatable bonds is 9. The lowest BCUT2D eigenvalue weighted by molar-refractivity contribution is 0.0678. The third-order valence-electron chi connectivity index (χ3n) is 6.17. The van der Waals surface area contributed by atoms with Crippen molar-refractivity contribution in [3.63, 3.8) is 0 Å². The Labute approximate surface area is 198 Å². The maximum absolute atomic E-state index is 12.7. The minimum absolute atomic E-state index is 0.132. The van der Waals surface area contributed by atoms with Gasteiger partial charge in [-0.2, -0.15) is 9.97 Å². The number of hydrogen-bond donors (Lipinski definition) is 3. The maximum atomic E-state index is 12.7. The quantitative estimate of drug-likeness (QED) is 0.437. The standard InChI is InChI=1S/C24H32N6O4/c1-15(13-31)27-23(32)20-11-21(29-24(28-20)34-14-16(2)33-3)30-9-6-17(7-10-30)19-12-26-22-18(19)5-4-8-25-22/h4-5,8,11-12,15-17,31H,6-7,9-10,13-14H2,1-3H3,(H,25,26)(H,27,32)/t15-,16-/m1/s1. The van der Waals surface area contributed by atoms with Crippen LogP contribution in [0.4, 0.5) is 5.82 Å². The second-order valence-corrected chi connectivity index (χ2v) is 8.71. The molecule has 1 aliphatic rings. The van der Waals surface area contributed by atoms with Crippen LogP contribution in [-0.2, 0) is 4.74 Å². The summed E-state index contributed by atoms with van der Waals surface area (Å²) in [6.45, 7) is 5.29. The first-order chi connectivity index (χ1) is 16.5. The Kier molecular flexibility index (Phi) is 7.59. The summed E-state index contributed by atoms with van der Waals surface area (Å²) >= 11 is 0. The molecule has 0 spiro atoms. The lowest BCUT2D eigenvalue weighted by Crippen LogP contribution is -2.36. The minimum atomic E-state index is -0.384. The van der Waals surface area contributed by atoms with Gasteiger partial charge in [-0.3, -0.25) is 4.79 Å². The number of hydrogen-bond acceptors (Lipinski definition) is 8. The van der Waals surface area contributed by atoms with E-state index in [1.54, 1.807) is 26.3 Å². The van der Waals surface area contributed by atoms with Gasteiger partial charge in [0.15, 0.2) is 0 Å². The molecular weight excluding hydrogens is 436 g/mol. The molecular formula is C24H32N6O4. The number of nitrogens with zero attached hydrogens (tertiary/aromatic N) is 4. The number of fused-ring (bicyclic) bond motifs is 1. The summed E-state index contributed by atoms with van der Waals surface area (Å²) < 4.78 is 11.0. The largest absolute Gasteiger partial charge is 0.461 e. The summed E-state index contributed by atoms with van der Waals surface area (Å²) in [7, 11) is 1.61. The van der Waals surface area contributed by atoms with Crippen LogP contribution in [0.15, 0.2) is 30.6 Å². The highest BCUT2D eigenvalue weighted by Crippen LogP contribution is 2.34. The smallest absolute Gasteiger partial charge is 0.319 e. The number of H-pyrrole nitrogens is 1. The molecule has 0 aromatic carbocycles. The van der Waals surface area contributed by atoms with Crippen LogP contribution in [0.25, 0.3) is 11.0 Å². The third-order valence-corrected chi connectivity index (χ3v) is 6.17. The van der Waals surface area contributed by atoms with Crippen molar-refractivity contribution in [1.29, 1.82) is 0 Å². The van der Waals surface area contributed by atoms with Crippen LogP contribution in [0, 0.1) is 0 Å². The number of aliphatic hydroxyl groups is 1. The van der Waals surface area contributed by atoms with E-state index in [2.05, 4.69) is 42.4 Å². The molecule has 0 unspecified atom stereocenters. The second kappa shape index (κ2) is 10.8. The molecule has 4 rings (SSSR count). The number of pyridine rings is 1. The van der Waals surface area contributed by atoms with Crippen molar-refractivity contribution in [2.24, 2.45) is 0 Å². The predicted octanol–water partition coefficient (Wildman–Crippen LogP) is 2.26. The molecule has 1 aliphatic heterocycles. The third kappa shape index (κ3) is 5.45. The predicted molar refractivity (Wildman–Crippen MR) is 128 cm³/mol. The molecule has 0 saturated carbocycles. The van der Waals surface area contributed by atoms with Crippen LogP contribution in [0.2, 0.25) is 0 Å². The fraction of sp³-hybridized carbons (Fsp3) is 0.500. The molecule has 0 bridgehead atoms. The van der Waals surface area contributed by atoms with Gasteiger partial charge in [0.1, 0.15) is 23.8 Å². The highest BCUT2D eigenvalue weighted by atomic mass is 16.5. The topological polar surface area (TPSA) is 125 Å². The molecule has 3 N–H and O–H groups in total. The van der Waals surface area contributed by atoms with Gasteiger partial charge in [-0.25, -0.2) is 4.98 Å². The minimum Gasteiger partial charge on any atom is -0.461 e. The van der Waals surface area contributed by atoms with Gasteiger partial charge in [-0.05, 0) is 50.3 Å². The van der Waals surface area contributed by atoms with Crippen molar-refractivity contribution in [3.8, 4) is 6.01 Å². The number of aromatic amines is 1. The molecule has 10 nitrogen and oxygen atoms in total. The Morgan fingerprint density at radius 3 is 2.85 bits per heavy atom. The number of aliphatic hydroxyl groups excluding tert-OH is 1. The Bertz CT molecular complexity index is 1110. The molecule has 182 valence electrons. The van der Waals surface area contributed by atoms with Gasteiger partial charge >= 0.3 is 6.01 Å². The second-order valence-electron chi connectivity index (χ2n) is 8.71. The molecule has 1 saturated heterocycles. The first-order valence-corrected chi connectivity index (χ1v) is 11.6. The van der Waals surface area contributed by atoms with Gasteiger partial charge in [-0.1, -0.05) is 0 Å². The first kappa shape index (κ1) is 23.9. The van der Waals surface area contributed by atoms with Crippen LogP contribution in [0.1, 0.15) is 48.7 Å². The van der Waals surface area contributed by atoms with Gasteiger partial charge < -0.3 is 29.8 Å². The van der Waals surface area contributed by atoms with E-state index in [4.69, 9.17) is 9.47 Å². The number of methoxy groups -OCH3 is 1. The molecule has 0 aliphatic carbocycles. The molecule has 4 heterocycles. The van der Waals surface area contributed by atoms with Gasteiger partial charge in [0.05, 0.1) is 12.7 Å². The fourth-order valence-corrected chi connectivity index (χ4v) is 4.09. The van der Waals surface area contributed by atoms with Gasteiger partial charge in [-0.15, -0.1) is 0 Å². The van der Waals surface area contributed by atoms with Crippen molar-refractivity contribution in [1.82, 2.24) is 25.3 Å². The van der Waals surface area contributed by atoms with E-state index in [-0.39, 0.29) is 43.0 Å². The number of carbonyl (C=O) groups excluding carboxylic acids is 1. The van der Waals surface area contributed by atoms with E-state index in [0.717, 1.165) is 31.6 Å². The summed E-state index contributed by atoms with van der Waals surface area (Å²) in [6.07, 6.45) is 5.62. The lowest BCUT2D eigenvalue weighted by Gasteiger charge is -2.33. The molecule has 1 fully saturated rings. The molecule has 34 heavy (non-hydrogen) atoms. The fourth-order valence-electron chi connectivity index (χ4n) is 4.09. The first-order valence-electron chi connectivity index (χ1n) is 11.6. The van der Waals surface area contributed by atoms with E-state index in [1.807, 2.05) is 13.0 Å². The summed E-state index contributed by atoms with van der Waals surface area (Å²) in [4.78, 5) is 31.4. The van der Waals surface area contributed by atoms with Crippen LogP contribution in [-0.4, -0.2) is 76.5 Å². The summed E-state index contributed by atoms with van der Waals surface area (Å²) in [6, 6.07) is 5.50. The monoisotopic (exact) mass is 468 g/mol. The highest BCUT2D eigenvalue weighted by molar-refractivity contribution is 5.93. The lowest BCUT2D eigenvalue weighted by atomic mass is 9.89. The average Bonchev–Trinajstić information content (AvgIpc) is 3.31. The van der Waals surface area contributed by atoms with Crippen molar-refractivity contribution in [2.45, 2.75) is 44.8 Å². The van der Waals surface area contributed by atoms with Crippen molar-refractivity contribution in [2.75, 3.05) is 38.3 Å². The number of amides is 1. The SMILES string of the molecule is CO[C@H](C)COc1nc(C(=O)N[C@H](C)CO)cc(N2CCC(c3c[nH]c4ncccc34)CC2)n1. The molecule has 2 atom stereocenters. The van der Waals surface area contributed by atoms with Crippen LogP contribution in [0.3, 0.4) is 0 Å². The number of piperidine rings is 1. The number of aromatic nitrogens is 4. The number of ether oxygens (including phenoxy) is 2. The normalized spacial score (nSPS) is 16.4. The van der Waals surface area contributed by atoms with Gasteiger partial charge in [0, 0.05) is 50.1 Å². The summed E-state index contributed by atoms with van der Waals surface area (Å²) in [5.74, 6) is 0.689. The molecule has 0 radical (unpaired) electrons. The number of anilines is 1. The Balaban J connectivity index is 1.51. The molecule has 3 aromatic rings.